The zero-order valence-electron chi connectivity index (χ0n) is 7.99. The van der Waals surface area contributed by atoms with Crippen molar-refractivity contribution >= 4 is 5.97 Å². The van der Waals surface area contributed by atoms with Gasteiger partial charge in [0.05, 0.1) is 19.1 Å². The van der Waals surface area contributed by atoms with E-state index < -0.39 is 0 Å². The lowest BCUT2D eigenvalue weighted by Gasteiger charge is -2.04. The molecule has 0 aliphatic heterocycles. The van der Waals surface area contributed by atoms with E-state index in [0.29, 0.717) is 12.3 Å². The number of rotatable bonds is 4. The summed E-state index contributed by atoms with van der Waals surface area (Å²) in [6, 6.07) is 0. The molecule has 4 heteroatoms. The first-order valence-corrected chi connectivity index (χ1v) is 4.46. The van der Waals surface area contributed by atoms with Crippen molar-refractivity contribution in [1.82, 2.24) is 9.55 Å². The Labute approximate surface area is 77.5 Å². The van der Waals surface area contributed by atoms with Crippen molar-refractivity contribution in [3.63, 3.8) is 0 Å². The topological polar surface area (TPSA) is 44.1 Å². The Bertz CT molecular complexity index is 281. The lowest BCUT2D eigenvalue weighted by molar-refractivity contribution is 0.0513. The van der Waals surface area contributed by atoms with E-state index in [9.17, 15) is 4.79 Å². The molecule has 0 aliphatic rings. The third-order valence-electron chi connectivity index (χ3n) is 1.66. The molecule has 0 bridgehead atoms. The summed E-state index contributed by atoms with van der Waals surface area (Å²) >= 11 is 0. The Morgan fingerprint density at radius 3 is 3.00 bits per heavy atom. The molecule has 0 spiro atoms. The number of aryl methyl sites for hydroxylation is 1. The number of esters is 1. The summed E-state index contributed by atoms with van der Waals surface area (Å²) in [5.74, 6) is -0.298. The molecule has 72 valence electrons. The standard InChI is InChI=1S/C9H14N2O2/c1-3-5-11-7-10-6-8(11)9(12)13-4-2/h6-7H,3-5H2,1-2H3. The maximum absolute atomic E-state index is 11.3. The molecule has 0 aliphatic carbocycles. The maximum Gasteiger partial charge on any atom is 0.356 e. The number of carbonyl (C=O) groups excluding carboxylic acids is 1. The van der Waals surface area contributed by atoms with Crippen LogP contribution < -0.4 is 0 Å². The molecule has 0 N–H and O–H groups in total. The van der Waals surface area contributed by atoms with Crippen LogP contribution in [0.2, 0.25) is 0 Å². The van der Waals surface area contributed by atoms with Gasteiger partial charge < -0.3 is 9.30 Å². The molecule has 0 saturated carbocycles. The first-order chi connectivity index (χ1) is 6.29. The van der Waals surface area contributed by atoms with E-state index in [1.807, 2.05) is 0 Å². The van der Waals surface area contributed by atoms with E-state index in [4.69, 9.17) is 4.74 Å². The summed E-state index contributed by atoms with van der Waals surface area (Å²) < 4.78 is 6.68. The molecule has 1 heterocycles. The number of aromatic nitrogens is 2. The number of imidazole rings is 1. The Morgan fingerprint density at radius 1 is 1.62 bits per heavy atom. The molecule has 0 radical (unpaired) electrons. The van der Waals surface area contributed by atoms with Crippen molar-refractivity contribution in [2.45, 2.75) is 26.8 Å². The summed E-state index contributed by atoms with van der Waals surface area (Å²) in [6.45, 7) is 5.04. The van der Waals surface area contributed by atoms with Crippen molar-refractivity contribution in [1.29, 1.82) is 0 Å². The first-order valence-electron chi connectivity index (χ1n) is 4.46. The highest BCUT2D eigenvalue weighted by Gasteiger charge is 2.11. The molecule has 1 aromatic rings. The van der Waals surface area contributed by atoms with Crippen molar-refractivity contribution in [2.24, 2.45) is 0 Å². The van der Waals surface area contributed by atoms with Crippen LogP contribution in [0, 0.1) is 0 Å². The van der Waals surface area contributed by atoms with E-state index in [1.165, 1.54) is 6.20 Å². The zero-order valence-corrected chi connectivity index (χ0v) is 7.99. The van der Waals surface area contributed by atoms with Gasteiger partial charge in [0.15, 0.2) is 0 Å². The van der Waals surface area contributed by atoms with E-state index in [2.05, 4.69) is 11.9 Å². The van der Waals surface area contributed by atoms with Gasteiger partial charge in [0.1, 0.15) is 5.69 Å². The third kappa shape index (κ3) is 2.31. The molecular formula is C9H14N2O2. The summed E-state index contributed by atoms with van der Waals surface area (Å²) in [5.41, 5.74) is 0.531. The maximum atomic E-state index is 11.3. The minimum absolute atomic E-state index is 0.298. The Kier molecular flexibility index (Phi) is 3.49. The number of nitrogens with zero attached hydrogens (tertiary/aromatic N) is 2. The van der Waals surface area contributed by atoms with Gasteiger partial charge in [0.25, 0.3) is 0 Å². The van der Waals surface area contributed by atoms with Gasteiger partial charge in [-0.25, -0.2) is 9.78 Å². The molecule has 0 amide bonds. The van der Waals surface area contributed by atoms with Crippen molar-refractivity contribution in [3.8, 4) is 0 Å². The lowest BCUT2D eigenvalue weighted by Crippen LogP contribution is -2.11. The number of hydrogen-bond acceptors (Lipinski definition) is 3. The molecule has 0 fully saturated rings. The number of carbonyl (C=O) groups is 1. The molecular weight excluding hydrogens is 168 g/mol. The second-order valence-corrected chi connectivity index (χ2v) is 2.69. The van der Waals surface area contributed by atoms with Crippen molar-refractivity contribution in [3.05, 3.63) is 18.2 Å². The summed E-state index contributed by atoms with van der Waals surface area (Å²) in [7, 11) is 0. The Hall–Kier alpha value is -1.32. The predicted octanol–water partition coefficient (Wildman–Crippen LogP) is 1.47. The molecule has 4 nitrogen and oxygen atoms in total. The van der Waals surface area contributed by atoms with Gasteiger partial charge in [-0.3, -0.25) is 0 Å². The Balaban J connectivity index is 2.74. The largest absolute Gasteiger partial charge is 0.461 e. The molecule has 0 unspecified atom stereocenters. The minimum atomic E-state index is -0.298. The fraction of sp³-hybridized carbons (Fsp3) is 0.556. The van der Waals surface area contributed by atoms with Crippen LogP contribution in [-0.2, 0) is 11.3 Å². The lowest BCUT2D eigenvalue weighted by atomic mass is 10.4. The highest BCUT2D eigenvalue weighted by Crippen LogP contribution is 2.02. The average Bonchev–Trinajstić information content (AvgIpc) is 2.54. The van der Waals surface area contributed by atoms with Crippen molar-refractivity contribution in [2.75, 3.05) is 6.61 Å². The SMILES string of the molecule is CCCn1cncc1C(=O)OCC. The van der Waals surface area contributed by atoms with E-state index in [-0.39, 0.29) is 5.97 Å². The summed E-state index contributed by atoms with van der Waals surface area (Å²) in [6.07, 6.45) is 4.16. The van der Waals surface area contributed by atoms with Gasteiger partial charge in [-0.15, -0.1) is 0 Å². The third-order valence-corrected chi connectivity index (χ3v) is 1.66. The minimum Gasteiger partial charge on any atom is -0.461 e. The quantitative estimate of drug-likeness (QED) is 0.662. The fourth-order valence-corrected chi connectivity index (χ4v) is 1.11. The number of hydrogen-bond donors (Lipinski definition) is 0. The van der Waals surface area contributed by atoms with Gasteiger partial charge >= 0.3 is 5.97 Å². The first kappa shape index (κ1) is 9.77. The zero-order chi connectivity index (χ0) is 9.68. The smallest absolute Gasteiger partial charge is 0.356 e. The van der Waals surface area contributed by atoms with Crippen LogP contribution in [0.3, 0.4) is 0 Å². The van der Waals surface area contributed by atoms with Gasteiger partial charge in [0, 0.05) is 6.54 Å². The molecule has 1 aromatic heterocycles. The molecule has 1 rings (SSSR count). The molecule has 13 heavy (non-hydrogen) atoms. The van der Waals surface area contributed by atoms with Crippen LogP contribution in [0.15, 0.2) is 12.5 Å². The molecule has 0 atom stereocenters. The summed E-state index contributed by atoms with van der Waals surface area (Å²) in [4.78, 5) is 15.2. The average molecular weight is 182 g/mol. The van der Waals surface area contributed by atoms with Gasteiger partial charge in [-0.1, -0.05) is 6.92 Å². The normalized spacial score (nSPS) is 10.0. The fourth-order valence-electron chi connectivity index (χ4n) is 1.11. The van der Waals surface area contributed by atoms with E-state index >= 15 is 0 Å². The van der Waals surface area contributed by atoms with Crippen LogP contribution in [0.1, 0.15) is 30.8 Å². The second-order valence-electron chi connectivity index (χ2n) is 2.69. The monoisotopic (exact) mass is 182 g/mol. The van der Waals surface area contributed by atoms with E-state index in [1.54, 1.807) is 17.8 Å². The van der Waals surface area contributed by atoms with Crippen LogP contribution in [0.25, 0.3) is 0 Å². The Morgan fingerprint density at radius 2 is 2.38 bits per heavy atom. The number of ether oxygens (including phenoxy) is 1. The highest BCUT2D eigenvalue weighted by atomic mass is 16.5. The molecule has 0 saturated heterocycles. The van der Waals surface area contributed by atoms with Crippen LogP contribution >= 0.6 is 0 Å². The van der Waals surface area contributed by atoms with Gasteiger partial charge in [-0.05, 0) is 13.3 Å². The predicted molar refractivity (Wildman–Crippen MR) is 48.5 cm³/mol. The second kappa shape index (κ2) is 4.64. The van der Waals surface area contributed by atoms with Gasteiger partial charge in [-0.2, -0.15) is 0 Å². The van der Waals surface area contributed by atoms with Crippen LogP contribution in [-0.4, -0.2) is 22.1 Å². The van der Waals surface area contributed by atoms with Gasteiger partial charge in [0.2, 0.25) is 0 Å². The van der Waals surface area contributed by atoms with Crippen LogP contribution in [0.4, 0.5) is 0 Å². The highest BCUT2D eigenvalue weighted by molar-refractivity contribution is 5.87. The van der Waals surface area contributed by atoms with Crippen LogP contribution in [0.5, 0.6) is 0 Å². The molecule has 0 aromatic carbocycles. The summed E-state index contributed by atoms with van der Waals surface area (Å²) in [5, 5.41) is 0. The van der Waals surface area contributed by atoms with E-state index in [0.717, 1.165) is 13.0 Å². The van der Waals surface area contributed by atoms with Crippen molar-refractivity contribution < 1.29 is 9.53 Å².